The molecule has 0 fully saturated rings. The second-order valence-electron chi connectivity index (χ2n) is 4.55. The Morgan fingerprint density at radius 1 is 1.30 bits per heavy atom. The number of fused-ring (bicyclic) bond motifs is 1. The average molecular weight is 368 g/mol. The summed E-state index contributed by atoms with van der Waals surface area (Å²) in [5, 5.41) is 15.2. The van der Waals surface area contributed by atoms with Gasteiger partial charge in [-0.15, -0.1) is 15.3 Å². The van der Waals surface area contributed by atoms with Crippen LogP contribution in [0.5, 0.6) is 0 Å². The Balaban J connectivity index is 1.92. The maximum absolute atomic E-state index is 12.4. The molecular formula is C12H12N6O2S3. The highest BCUT2D eigenvalue weighted by atomic mass is 32.2. The van der Waals surface area contributed by atoms with Crippen LogP contribution in [-0.2, 0) is 11.2 Å². The van der Waals surface area contributed by atoms with Crippen LogP contribution in [0.4, 0.5) is 5.13 Å². The van der Waals surface area contributed by atoms with Crippen LogP contribution >= 0.6 is 34.4 Å². The maximum atomic E-state index is 12.4. The van der Waals surface area contributed by atoms with Crippen molar-refractivity contribution in [2.45, 2.75) is 35.9 Å². The number of hydrogen-bond acceptors (Lipinski definition) is 9. The molecule has 0 aromatic carbocycles. The highest BCUT2D eigenvalue weighted by Crippen LogP contribution is 2.34. The fraction of sp³-hybridized carbons (Fsp3) is 0.333. The van der Waals surface area contributed by atoms with Crippen molar-refractivity contribution in [3.63, 3.8) is 0 Å². The molecule has 8 nitrogen and oxygen atoms in total. The molecule has 3 aromatic rings. The van der Waals surface area contributed by atoms with Gasteiger partial charge in [0.05, 0.1) is 0 Å². The van der Waals surface area contributed by atoms with E-state index in [1.807, 2.05) is 13.8 Å². The largest absolute Gasteiger partial charge is 0.301 e. The molecule has 0 aliphatic rings. The highest BCUT2D eigenvalue weighted by Gasteiger charge is 2.15. The predicted molar refractivity (Wildman–Crippen MR) is 89.6 cm³/mol. The average Bonchev–Trinajstić information content (AvgIpc) is 3.06. The summed E-state index contributed by atoms with van der Waals surface area (Å²) in [6.45, 7) is 5.16. The Morgan fingerprint density at radius 2 is 2.09 bits per heavy atom. The molecule has 11 heteroatoms. The lowest BCUT2D eigenvalue weighted by Crippen LogP contribution is -2.21. The van der Waals surface area contributed by atoms with Gasteiger partial charge in [0.25, 0.3) is 5.56 Å². The van der Waals surface area contributed by atoms with Gasteiger partial charge in [-0.3, -0.25) is 9.59 Å². The molecule has 3 heterocycles. The molecule has 3 aromatic heterocycles. The van der Waals surface area contributed by atoms with Gasteiger partial charge in [-0.05, 0) is 25.1 Å². The normalized spacial score (nSPS) is 11.1. The van der Waals surface area contributed by atoms with Crippen LogP contribution < -0.4 is 10.9 Å². The molecule has 120 valence electrons. The fourth-order valence-corrected chi connectivity index (χ4v) is 4.91. The number of rotatable bonds is 4. The Hall–Kier alpha value is -1.85. The molecule has 1 amide bonds. The number of anilines is 1. The fourth-order valence-electron chi connectivity index (χ4n) is 1.94. The standard InChI is InChI=1S/C12H12N6O2S3/c1-4-7-5(2)13-10-18(8(7)20)17-12(22-10)23-11-16-15-9(21-11)14-6(3)19/h4H2,1-3H3,(H,14,15,19). The molecule has 0 radical (unpaired) electrons. The van der Waals surface area contributed by atoms with Crippen LogP contribution in [0.3, 0.4) is 0 Å². The van der Waals surface area contributed by atoms with E-state index < -0.39 is 0 Å². The quantitative estimate of drug-likeness (QED) is 0.703. The first-order chi connectivity index (χ1) is 11.0. The molecule has 0 saturated carbocycles. The van der Waals surface area contributed by atoms with Crippen molar-refractivity contribution in [3.8, 4) is 0 Å². The zero-order valence-electron chi connectivity index (χ0n) is 12.5. The van der Waals surface area contributed by atoms with Crippen molar-refractivity contribution in [2.75, 3.05) is 5.32 Å². The number of aryl methyl sites for hydroxylation is 1. The first kappa shape index (κ1) is 16.0. The summed E-state index contributed by atoms with van der Waals surface area (Å²) in [5.41, 5.74) is 1.28. The van der Waals surface area contributed by atoms with E-state index in [0.717, 1.165) is 5.69 Å². The Kier molecular flexibility index (Phi) is 4.41. The van der Waals surface area contributed by atoms with Gasteiger partial charge < -0.3 is 5.32 Å². The number of nitrogens with zero attached hydrogens (tertiary/aromatic N) is 5. The molecule has 0 aliphatic heterocycles. The third-order valence-corrected chi connectivity index (χ3v) is 5.76. The van der Waals surface area contributed by atoms with E-state index in [2.05, 4.69) is 25.6 Å². The molecule has 3 rings (SSSR count). The monoisotopic (exact) mass is 368 g/mol. The Labute approximate surface area is 143 Å². The summed E-state index contributed by atoms with van der Waals surface area (Å²) in [7, 11) is 0. The van der Waals surface area contributed by atoms with Gasteiger partial charge in [0.2, 0.25) is 16.0 Å². The summed E-state index contributed by atoms with van der Waals surface area (Å²) in [4.78, 5) is 28.3. The van der Waals surface area contributed by atoms with Crippen molar-refractivity contribution >= 4 is 50.4 Å². The van der Waals surface area contributed by atoms with Crippen molar-refractivity contribution in [2.24, 2.45) is 0 Å². The minimum Gasteiger partial charge on any atom is -0.301 e. The first-order valence-electron chi connectivity index (χ1n) is 6.66. The molecule has 0 bridgehead atoms. The minimum atomic E-state index is -0.198. The molecule has 0 unspecified atom stereocenters. The predicted octanol–water partition coefficient (Wildman–Crippen LogP) is 1.98. The minimum absolute atomic E-state index is 0.130. The SMILES string of the molecule is CCc1c(C)nc2sc(Sc3nnc(NC(C)=O)s3)nn2c1=O. The first-order valence-corrected chi connectivity index (χ1v) is 9.11. The summed E-state index contributed by atoms with van der Waals surface area (Å²) in [6, 6.07) is 0. The van der Waals surface area contributed by atoms with Crippen molar-refractivity contribution in [1.82, 2.24) is 24.8 Å². The molecular weight excluding hydrogens is 356 g/mol. The number of hydrogen-bond donors (Lipinski definition) is 1. The van der Waals surface area contributed by atoms with E-state index >= 15 is 0 Å². The lowest BCUT2D eigenvalue weighted by Gasteiger charge is -1.99. The summed E-state index contributed by atoms with van der Waals surface area (Å²) in [6.07, 6.45) is 0.622. The highest BCUT2D eigenvalue weighted by molar-refractivity contribution is 8.02. The van der Waals surface area contributed by atoms with Crippen molar-refractivity contribution < 1.29 is 4.79 Å². The lowest BCUT2D eigenvalue weighted by atomic mass is 10.2. The van der Waals surface area contributed by atoms with Gasteiger partial charge in [0, 0.05) is 18.2 Å². The number of nitrogens with one attached hydrogen (secondary N) is 1. The van der Waals surface area contributed by atoms with Gasteiger partial charge in [-0.1, -0.05) is 29.6 Å². The van der Waals surface area contributed by atoms with Crippen LogP contribution in [0, 0.1) is 6.92 Å². The van der Waals surface area contributed by atoms with Crippen LogP contribution in [0.15, 0.2) is 13.5 Å². The number of carbonyl (C=O) groups excluding carboxylic acids is 1. The molecule has 0 spiro atoms. The molecule has 0 saturated heterocycles. The van der Waals surface area contributed by atoms with Crippen molar-refractivity contribution in [1.29, 1.82) is 0 Å². The summed E-state index contributed by atoms with van der Waals surface area (Å²) in [5.74, 6) is -0.198. The Morgan fingerprint density at radius 3 is 2.78 bits per heavy atom. The third-order valence-electron chi connectivity index (χ3n) is 2.91. The Bertz CT molecular complexity index is 944. The number of carbonyl (C=O) groups is 1. The second-order valence-corrected chi connectivity index (χ2v) is 7.98. The van der Waals surface area contributed by atoms with E-state index in [9.17, 15) is 9.59 Å². The number of amides is 1. The maximum Gasteiger partial charge on any atom is 0.278 e. The van der Waals surface area contributed by atoms with Gasteiger partial charge in [0.1, 0.15) is 0 Å². The van der Waals surface area contributed by atoms with Crippen LogP contribution in [-0.4, -0.2) is 30.7 Å². The topological polar surface area (TPSA) is 102 Å². The molecule has 23 heavy (non-hydrogen) atoms. The van der Waals surface area contributed by atoms with Gasteiger partial charge in [0.15, 0.2) is 8.68 Å². The zero-order valence-corrected chi connectivity index (χ0v) is 14.9. The zero-order chi connectivity index (χ0) is 16.6. The second kappa shape index (κ2) is 6.34. The summed E-state index contributed by atoms with van der Waals surface area (Å²) >= 11 is 3.86. The third kappa shape index (κ3) is 3.26. The van der Waals surface area contributed by atoms with Crippen molar-refractivity contribution in [3.05, 3.63) is 21.6 Å². The molecule has 0 atom stereocenters. The lowest BCUT2D eigenvalue weighted by molar-refractivity contribution is -0.114. The number of aromatic nitrogens is 5. The smallest absolute Gasteiger partial charge is 0.278 e. The van der Waals surface area contributed by atoms with Crippen LogP contribution in [0.1, 0.15) is 25.1 Å². The van der Waals surface area contributed by atoms with Gasteiger partial charge in [-0.2, -0.15) is 4.52 Å². The van der Waals surface area contributed by atoms with Gasteiger partial charge in [-0.25, -0.2) is 4.98 Å². The van der Waals surface area contributed by atoms with Gasteiger partial charge >= 0.3 is 0 Å². The van der Waals surface area contributed by atoms with E-state index in [4.69, 9.17) is 0 Å². The molecule has 1 N–H and O–H groups in total. The summed E-state index contributed by atoms with van der Waals surface area (Å²) < 4.78 is 2.61. The molecule has 0 aliphatic carbocycles. The van der Waals surface area contributed by atoms with E-state index in [1.54, 1.807) is 0 Å². The van der Waals surface area contributed by atoms with E-state index in [1.165, 1.54) is 45.9 Å². The van der Waals surface area contributed by atoms with E-state index in [0.29, 0.717) is 30.8 Å². The van der Waals surface area contributed by atoms with Crippen LogP contribution in [0.2, 0.25) is 0 Å². The van der Waals surface area contributed by atoms with E-state index in [-0.39, 0.29) is 11.5 Å². The van der Waals surface area contributed by atoms with Crippen LogP contribution in [0.25, 0.3) is 4.96 Å².